The molecule has 0 bridgehead atoms. The Bertz CT molecular complexity index is 6560. The molecule has 646 valence electrons. The summed E-state index contributed by atoms with van der Waals surface area (Å²) in [5.41, 5.74) is 8.16. The minimum atomic E-state index is -1.51. The number of benzene rings is 7. The number of hydrogen-bond donors (Lipinski definition) is 4. The van der Waals surface area contributed by atoms with E-state index in [2.05, 4.69) is 108 Å². The van der Waals surface area contributed by atoms with Crippen LogP contribution in [0.25, 0.3) is 56.2 Å². The molecule has 8 aliphatic rings. The molecule has 25 nitrogen and oxygen atoms in total. The van der Waals surface area contributed by atoms with Crippen LogP contribution < -0.4 is 40.0 Å². The van der Waals surface area contributed by atoms with Gasteiger partial charge in [0.15, 0.2) is 23.1 Å². The topological polar surface area (TPSA) is 305 Å². The zero-order valence-electron chi connectivity index (χ0n) is 70.2. The normalized spacial score (nSPS) is 18.8. The van der Waals surface area contributed by atoms with Crippen LogP contribution in [0.3, 0.4) is 0 Å². The number of hydrogen-bond acceptors (Lipinski definition) is 21. The minimum Gasteiger partial charge on any atom is -0.506 e. The lowest BCUT2D eigenvalue weighted by atomic mass is 9.85. The molecule has 8 aliphatic heterocycles. The number of imide groups is 3. The lowest BCUT2D eigenvalue weighted by molar-refractivity contribution is -0.128. The molecular formula is C100H82F2N12O13S2. The van der Waals surface area contributed by atoms with E-state index in [1.54, 1.807) is 91.1 Å². The van der Waals surface area contributed by atoms with Gasteiger partial charge in [-0.05, 0) is 137 Å². The molecule has 3 atom stereocenters. The number of aromatic hydroxyl groups is 1. The average molecular weight is 1760 g/mol. The molecule has 0 spiro atoms. The summed E-state index contributed by atoms with van der Waals surface area (Å²) in [5.74, 6) is 19.2. The van der Waals surface area contributed by atoms with E-state index in [-0.39, 0.29) is 86.3 Å². The molecule has 129 heavy (non-hydrogen) atoms. The summed E-state index contributed by atoms with van der Waals surface area (Å²) in [6.07, 6.45) is 2.83. The average Bonchev–Trinajstić information content (AvgIpc) is 1.28. The fourth-order valence-electron chi connectivity index (χ4n) is 16.7. The highest BCUT2D eigenvalue weighted by Gasteiger charge is 2.52. The molecule has 7 aromatic carbocycles. The van der Waals surface area contributed by atoms with Crippen molar-refractivity contribution in [2.45, 2.75) is 38.9 Å². The van der Waals surface area contributed by atoms with Crippen LogP contribution in [0.5, 0.6) is 23.0 Å². The van der Waals surface area contributed by atoms with Gasteiger partial charge in [-0.3, -0.25) is 64.1 Å². The van der Waals surface area contributed by atoms with Crippen molar-refractivity contribution in [1.82, 2.24) is 50.6 Å². The van der Waals surface area contributed by atoms with Crippen molar-refractivity contribution in [2.24, 2.45) is 16.2 Å². The van der Waals surface area contributed by atoms with Crippen LogP contribution in [-0.4, -0.2) is 183 Å². The van der Waals surface area contributed by atoms with Crippen LogP contribution in [0.1, 0.15) is 83.7 Å². The molecule has 0 saturated carbocycles. The van der Waals surface area contributed by atoms with Crippen LogP contribution in [-0.2, 0) is 48.4 Å². The Morgan fingerprint density at radius 1 is 0.419 bits per heavy atom. The number of carbonyl (C=O) groups is 9. The fourth-order valence-corrected chi connectivity index (χ4v) is 18.5. The number of rotatable bonds is 16. The van der Waals surface area contributed by atoms with E-state index in [1.165, 1.54) is 36.2 Å². The zero-order valence-corrected chi connectivity index (χ0v) is 71.8. The van der Waals surface area contributed by atoms with Gasteiger partial charge in [0.2, 0.25) is 35.4 Å². The number of anilines is 2. The third kappa shape index (κ3) is 18.1. The van der Waals surface area contributed by atoms with Crippen molar-refractivity contribution in [3.63, 3.8) is 0 Å². The number of nitrogens with one attached hydrogen (secondary N) is 3. The monoisotopic (exact) mass is 1760 g/mol. The predicted octanol–water partition coefficient (Wildman–Crippen LogP) is 12.2. The second-order valence-corrected chi connectivity index (χ2v) is 34.4. The number of nitrogens with zero attached hydrogens (tertiary/aromatic N) is 9. The Morgan fingerprint density at radius 2 is 0.822 bits per heavy atom. The molecule has 0 radical (unpaired) electrons. The van der Waals surface area contributed by atoms with Crippen LogP contribution in [0.4, 0.5) is 20.4 Å². The third-order valence-corrected chi connectivity index (χ3v) is 25.5. The van der Waals surface area contributed by atoms with E-state index in [0.29, 0.717) is 62.6 Å². The molecule has 5 saturated heterocycles. The maximum absolute atomic E-state index is 14.8. The smallest absolute Gasteiger partial charge is 0.257 e. The number of ether oxygens (including phenoxy) is 3. The lowest BCUT2D eigenvalue weighted by Crippen LogP contribution is -2.42. The molecule has 4 N–H and O–H groups in total. The summed E-state index contributed by atoms with van der Waals surface area (Å²) >= 11 is 3.94. The lowest BCUT2D eigenvalue weighted by Gasteiger charge is -2.27. The van der Waals surface area contributed by atoms with Crippen molar-refractivity contribution < 1.29 is 71.2 Å². The third-order valence-electron chi connectivity index (χ3n) is 23.6. The summed E-state index contributed by atoms with van der Waals surface area (Å²) in [6.45, 7) is 4.21. The van der Waals surface area contributed by atoms with Gasteiger partial charge in [0, 0.05) is 145 Å². The molecule has 12 heterocycles. The Hall–Kier alpha value is -15.0. The van der Waals surface area contributed by atoms with Crippen molar-refractivity contribution in [2.75, 3.05) is 100.0 Å². The van der Waals surface area contributed by atoms with Crippen molar-refractivity contribution in [3.8, 4) is 115 Å². The van der Waals surface area contributed by atoms with Crippen LogP contribution in [0.15, 0.2) is 213 Å². The molecule has 29 heteroatoms. The molecule has 19 rings (SSSR count). The van der Waals surface area contributed by atoms with Gasteiger partial charge in [0.05, 0.1) is 68.8 Å². The Kier molecular flexibility index (Phi) is 24.6. The Balaban J connectivity index is 0.000000136. The number of methoxy groups -OCH3 is 3. The first-order chi connectivity index (χ1) is 62.5. The summed E-state index contributed by atoms with van der Waals surface area (Å²) in [4.78, 5) is 143. The van der Waals surface area contributed by atoms with Gasteiger partial charge in [0.1, 0.15) is 45.1 Å². The van der Waals surface area contributed by atoms with Gasteiger partial charge < -0.3 is 43.8 Å². The maximum atomic E-state index is 14.8. The first kappa shape index (κ1) is 86.1. The molecule has 0 unspecified atom stereocenters. The van der Waals surface area contributed by atoms with Crippen molar-refractivity contribution in [1.29, 1.82) is 0 Å². The van der Waals surface area contributed by atoms with E-state index in [0.717, 1.165) is 106 Å². The van der Waals surface area contributed by atoms with Crippen LogP contribution in [0.2, 0.25) is 0 Å². The van der Waals surface area contributed by atoms with Crippen molar-refractivity contribution in [3.05, 3.63) is 274 Å². The standard InChI is InChI=1S/C37H32N4O4S.C32H23FN4O5.C31H27FN4O4S/c1-45-30-14-13-29-23-41(35(43)31(29)21-30)24-37(22-34(42)39-36(37)44)16-15-25-5-7-26(8-6-25)27-9-11-28(12-10-27)32-3-2-4-33(38-32)40-17-19-46-20-18-40;1-42-25-11-8-22-17-37(30(40)27(22)28(25)33)18-32(15-26(39)36-31(32)41)13-12-19-4-6-20(7-5-19)29-24(38)10-9-23(35-29)21-3-2-14-34-16-21;1-40-24-10-9-22-18-36(29(38)27(22)28(24)32)19-31(17-26(37)34-30(31)39)12-11-20-5-7-21(8-6-20)23-3-2-4-25(33-23)35-13-15-41-16-14-35/h2-14,21H,17-20,22-24H2,1H3,(H,39,42,44);2-11,14,16,38H,15,17-18H2,1H3,(H,36,39,41);2-10H,13-19H2,1H3,(H,34,37,39)/t37-;32-;31-/m111/s1. The summed E-state index contributed by atoms with van der Waals surface area (Å²) in [5, 5.41) is 17.5. The molecular weight excluding hydrogens is 1680 g/mol. The summed E-state index contributed by atoms with van der Waals surface area (Å²) in [7, 11) is 4.19. The Labute approximate surface area is 749 Å². The van der Waals surface area contributed by atoms with Crippen LogP contribution in [0, 0.1) is 63.4 Å². The highest BCUT2D eigenvalue weighted by molar-refractivity contribution is 7.99. The quantitative estimate of drug-likeness (QED) is 0.0516. The second kappa shape index (κ2) is 36.9. The van der Waals surface area contributed by atoms with Gasteiger partial charge in [-0.15, -0.1) is 0 Å². The highest BCUT2D eigenvalue weighted by atomic mass is 32.2. The van der Waals surface area contributed by atoms with E-state index in [4.69, 9.17) is 24.2 Å². The number of aromatic nitrogens is 4. The van der Waals surface area contributed by atoms with Gasteiger partial charge in [0.25, 0.3) is 17.7 Å². The number of carbonyl (C=O) groups excluding carboxylic acids is 9. The first-order valence-electron chi connectivity index (χ1n) is 41.5. The number of thioether (sulfide) groups is 2. The van der Waals surface area contributed by atoms with Gasteiger partial charge in [-0.2, -0.15) is 23.5 Å². The molecule has 0 aliphatic carbocycles. The molecule has 11 aromatic rings. The maximum Gasteiger partial charge on any atom is 0.257 e. The predicted molar refractivity (Wildman–Crippen MR) is 483 cm³/mol. The molecule has 9 amide bonds. The highest BCUT2D eigenvalue weighted by Crippen LogP contribution is 2.41. The minimum absolute atomic E-state index is 0.00639. The van der Waals surface area contributed by atoms with E-state index < -0.39 is 75.1 Å². The van der Waals surface area contributed by atoms with E-state index >= 15 is 0 Å². The number of halogens is 2. The van der Waals surface area contributed by atoms with E-state index in [1.807, 2.05) is 108 Å². The first-order valence-corrected chi connectivity index (χ1v) is 43.9. The largest absolute Gasteiger partial charge is 0.506 e. The number of pyridine rings is 4. The van der Waals surface area contributed by atoms with Crippen LogP contribution >= 0.6 is 23.5 Å². The number of amides is 9. The van der Waals surface area contributed by atoms with Gasteiger partial charge in [-0.25, -0.2) is 23.7 Å². The van der Waals surface area contributed by atoms with Crippen molar-refractivity contribution >= 4 is 88.3 Å². The zero-order chi connectivity index (χ0) is 89.7. The fraction of sp³-hybridized carbons (Fsp3) is 0.230. The summed E-state index contributed by atoms with van der Waals surface area (Å²) < 4.78 is 45.0. The molecule has 4 aromatic heterocycles. The SMILES string of the molecule is COc1ccc2c(c1)C(=O)N(C[C@@]1(C#Cc3ccc(-c4ccc(-c5cccc(N6CCSCC6)n5)cc4)cc3)CC(=O)NC1=O)C2.COc1ccc2c(c1F)C(=O)N(C[C@@]1(C#Cc3ccc(-c4cccc(N5CCSCC5)n4)cc3)CC(=O)NC1=O)C2.COc1ccc2c(c1F)C(=O)N(C[C@@]1(C#Cc3ccc(-c4nc(-c5cccnc5)ccc4O)cc3)CC(=O)NC1=O)C2. The second-order valence-electron chi connectivity index (χ2n) is 32.0. The summed E-state index contributed by atoms with van der Waals surface area (Å²) in [6, 6.07) is 61.2. The number of fused-ring (bicyclic) bond motifs is 3. The van der Waals surface area contributed by atoms with Gasteiger partial charge >= 0.3 is 0 Å². The molecule has 5 fully saturated rings. The Morgan fingerprint density at radius 3 is 1.24 bits per heavy atom. The van der Waals surface area contributed by atoms with Gasteiger partial charge in [-0.1, -0.05) is 127 Å². The van der Waals surface area contributed by atoms with E-state index in [9.17, 15) is 57.0 Å².